The van der Waals surface area contributed by atoms with Crippen LogP contribution in [0.25, 0.3) is 0 Å². The Balaban J connectivity index is 1.76. The van der Waals surface area contributed by atoms with Gasteiger partial charge >= 0.3 is 0 Å². The van der Waals surface area contributed by atoms with Crippen LogP contribution in [0.15, 0.2) is 58.2 Å². The molecule has 1 atom stereocenters. The van der Waals surface area contributed by atoms with Gasteiger partial charge in [-0.2, -0.15) is 4.68 Å². The largest absolute Gasteiger partial charge is 0.326 e. The second-order valence-electron chi connectivity index (χ2n) is 6.84. The van der Waals surface area contributed by atoms with Crippen LogP contribution in [-0.2, 0) is 4.79 Å². The molecule has 0 fully saturated rings. The fourth-order valence-corrected chi connectivity index (χ4v) is 3.67. The zero-order chi connectivity index (χ0) is 19.8. The van der Waals surface area contributed by atoms with Crippen LogP contribution in [0.3, 0.4) is 0 Å². The minimum absolute atomic E-state index is 0.189. The number of rotatable bonds is 3. The van der Waals surface area contributed by atoms with Gasteiger partial charge in [0.05, 0.1) is 5.57 Å². The Morgan fingerprint density at radius 2 is 1.89 bits per heavy atom. The zero-order valence-corrected chi connectivity index (χ0v) is 17.3. The summed E-state index contributed by atoms with van der Waals surface area (Å²) in [4.78, 5) is 13.3. The van der Waals surface area contributed by atoms with Gasteiger partial charge in [0, 0.05) is 15.9 Å². The molecule has 1 unspecified atom stereocenters. The van der Waals surface area contributed by atoms with E-state index in [1.54, 1.807) is 4.68 Å². The Morgan fingerprint density at radius 1 is 1.14 bits per heavy atom. The maximum atomic E-state index is 13.3. The maximum Gasteiger partial charge on any atom is 0.255 e. The van der Waals surface area contributed by atoms with Crippen LogP contribution in [0.1, 0.15) is 29.7 Å². The third kappa shape index (κ3) is 3.31. The smallest absolute Gasteiger partial charge is 0.255 e. The van der Waals surface area contributed by atoms with Crippen LogP contribution in [0, 0.1) is 13.8 Å². The number of benzene rings is 2. The van der Waals surface area contributed by atoms with Crippen molar-refractivity contribution < 1.29 is 4.79 Å². The second-order valence-corrected chi connectivity index (χ2v) is 7.75. The van der Waals surface area contributed by atoms with Gasteiger partial charge in [-0.05, 0) is 60.5 Å². The summed E-state index contributed by atoms with van der Waals surface area (Å²) in [5.74, 6) is 0.319. The normalized spacial score (nSPS) is 15.8. The Bertz CT molecular complexity index is 1090. The molecule has 0 saturated carbocycles. The number of carbonyl (C=O) groups is 1. The minimum Gasteiger partial charge on any atom is -0.326 e. The van der Waals surface area contributed by atoms with Gasteiger partial charge in [-0.15, -0.1) is 0 Å². The standard InChI is InChI=1S/C20H19BrN6O/c1-11-4-9-16(12(2)10-11)23-19(28)17-13(3)22-20-24-25-26-27(20)18(17)14-5-7-15(21)8-6-14/h4-10,18H,1-3H3,(H,23,28)(H,22,24,26). The Kier molecular flexibility index (Phi) is 4.72. The molecule has 4 rings (SSSR count). The van der Waals surface area contributed by atoms with Gasteiger partial charge in [0.25, 0.3) is 5.91 Å². The lowest BCUT2D eigenvalue weighted by Crippen LogP contribution is -2.31. The number of anilines is 2. The molecule has 1 aromatic heterocycles. The molecule has 142 valence electrons. The molecule has 1 aliphatic rings. The van der Waals surface area contributed by atoms with Crippen LogP contribution in [-0.4, -0.2) is 26.1 Å². The van der Waals surface area contributed by atoms with E-state index >= 15 is 0 Å². The predicted molar refractivity (Wildman–Crippen MR) is 111 cm³/mol. The van der Waals surface area contributed by atoms with Crippen LogP contribution in [0.4, 0.5) is 11.6 Å². The van der Waals surface area contributed by atoms with Crippen molar-refractivity contribution in [3.8, 4) is 0 Å². The number of nitrogens with one attached hydrogen (secondary N) is 2. The van der Waals surface area contributed by atoms with Crippen molar-refractivity contribution in [1.82, 2.24) is 20.2 Å². The molecule has 2 N–H and O–H groups in total. The van der Waals surface area contributed by atoms with Gasteiger partial charge in [-0.3, -0.25) is 4.79 Å². The number of tetrazole rings is 1. The predicted octanol–water partition coefficient (Wildman–Crippen LogP) is 3.98. The summed E-state index contributed by atoms with van der Waals surface area (Å²) in [5, 5.41) is 18.1. The van der Waals surface area contributed by atoms with Crippen molar-refractivity contribution in [2.24, 2.45) is 0 Å². The van der Waals surface area contributed by atoms with Crippen molar-refractivity contribution in [2.45, 2.75) is 26.8 Å². The molecule has 1 aliphatic heterocycles. The number of aryl methyl sites for hydroxylation is 2. The van der Waals surface area contributed by atoms with Gasteiger partial charge in [0.1, 0.15) is 6.04 Å². The quantitative estimate of drug-likeness (QED) is 0.645. The van der Waals surface area contributed by atoms with E-state index in [2.05, 4.69) is 42.1 Å². The summed E-state index contributed by atoms with van der Waals surface area (Å²) >= 11 is 3.46. The van der Waals surface area contributed by atoms with Crippen LogP contribution in [0.5, 0.6) is 0 Å². The molecule has 1 amide bonds. The van der Waals surface area contributed by atoms with Crippen LogP contribution in [0.2, 0.25) is 0 Å². The summed E-state index contributed by atoms with van der Waals surface area (Å²) in [6.45, 7) is 5.87. The van der Waals surface area contributed by atoms with Crippen molar-refractivity contribution in [3.63, 3.8) is 0 Å². The first-order valence-corrected chi connectivity index (χ1v) is 9.63. The molecule has 3 aromatic rings. The highest BCUT2D eigenvalue weighted by Crippen LogP contribution is 2.35. The van der Waals surface area contributed by atoms with Gasteiger partial charge in [-0.1, -0.05) is 50.9 Å². The van der Waals surface area contributed by atoms with E-state index in [1.165, 1.54) is 0 Å². The lowest BCUT2D eigenvalue weighted by Gasteiger charge is -2.28. The molecule has 0 radical (unpaired) electrons. The number of halogens is 1. The third-order valence-corrected chi connectivity index (χ3v) is 5.30. The van der Waals surface area contributed by atoms with Crippen LogP contribution < -0.4 is 10.6 Å². The molecule has 2 heterocycles. The fraction of sp³-hybridized carbons (Fsp3) is 0.200. The highest BCUT2D eigenvalue weighted by atomic mass is 79.9. The van der Waals surface area contributed by atoms with Crippen molar-refractivity contribution in [2.75, 3.05) is 10.6 Å². The highest BCUT2D eigenvalue weighted by molar-refractivity contribution is 9.10. The molecule has 28 heavy (non-hydrogen) atoms. The number of allylic oxidation sites excluding steroid dienone is 1. The Hall–Kier alpha value is -3.00. The zero-order valence-electron chi connectivity index (χ0n) is 15.7. The lowest BCUT2D eigenvalue weighted by atomic mass is 9.95. The first kappa shape index (κ1) is 18.4. The number of carbonyl (C=O) groups excluding carboxylic acids is 1. The van der Waals surface area contributed by atoms with E-state index in [1.807, 2.05) is 63.2 Å². The van der Waals surface area contributed by atoms with E-state index in [0.717, 1.165) is 32.5 Å². The number of fused-ring (bicyclic) bond motifs is 1. The molecule has 7 nitrogen and oxygen atoms in total. The highest BCUT2D eigenvalue weighted by Gasteiger charge is 2.34. The molecule has 0 aliphatic carbocycles. The number of nitrogens with zero attached hydrogens (tertiary/aromatic N) is 4. The maximum absolute atomic E-state index is 13.3. The van der Waals surface area contributed by atoms with Gasteiger partial charge < -0.3 is 10.6 Å². The molecule has 0 saturated heterocycles. The van der Waals surface area contributed by atoms with E-state index in [0.29, 0.717) is 11.5 Å². The SMILES string of the molecule is CC1=C(C(=O)Nc2ccc(C)cc2C)C(c2ccc(Br)cc2)n2nnnc2N1. The molecule has 2 aromatic carbocycles. The van der Waals surface area contributed by atoms with E-state index < -0.39 is 6.04 Å². The average Bonchev–Trinajstić information content (AvgIpc) is 3.11. The molecule has 0 spiro atoms. The van der Waals surface area contributed by atoms with Crippen LogP contribution >= 0.6 is 15.9 Å². The Labute approximate surface area is 171 Å². The molecular formula is C20H19BrN6O. The minimum atomic E-state index is -0.426. The van der Waals surface area contributed by atoms with Gasteiger partial charge in [-0.25, -0.2) is 0 Å². The fourth-order valence-electron chi connectivity index (χ4n) is 3.40. The van der Waals surface area contributed by atoms with Gasteiger partial charge in [0.2, 0.25) is 5.95 Å². The summed E-state index contributed by atoms with van der Waals surface area (Å²) in [7, 11) is 0. The summed E-state index contributed by atoms with van der Waals surface area (Å²) in [6.07, 6.45) is 0. The van der Waals surface area contributed by atoms with Crippen molar-refractivity contribution in [3.05, 3.63) is 74.9 Å². The number of amides is 1. The lowest BCUT2D eigenvalue weighted by molar-refractivity contribution is -0.113. The molecule has 8 heteroatoms. The summed E-state index contributed by atoms with van der Waals surface area (Å²) < 4.78 is 2.59. The van der Waals surface area contributed by atoms with Crippen molar-refractivity contribution in [1.29, 1.82) is 0 Å². The van der Waals surface area contributed by atoms with E-state index in [4.69, 9.17) is 0 Å². The second kappa shape index (κ2) is 7.20. The number of hydrogen-bond donors (Lipinski definition) is 2. The summed E-state index contributed by atoms with van der Waals surface area (Å²) in [6, 6.07) is 13.3. The third-order valence-electron chi connectivity index (χ3n) is 4.77. The first-order valence-electron chi connectivity index (χ1n) is 8.84. The summed E-state index contributed by atoms with van der Waals surface area (Å²) in [5.41, 5.74) is 5.16. The van der Waals surface area contributed by atoms with Gasteiger partial charge in [0.15, 0.2) is 0 Å². The Morgan fingerprint density at radius 3 is 2.61 bits per heavy atom. The van der Waals surface area contributed by atoms with Crippen molar-refractivity contribution >= 4 is 33.5 Å². The van der Waals surface area contributed by atoms with E-state index in [-0.39, 0.29) is 5.91 Å². The topological polar surface area (TPSA) is 84.7 Å². The van der Waals surface area contributed by atoms with E-state index in [9.17, 15) is 4.79 Å². The average molecular weight is 439 g/mol. The number of hydrogen-bond acceptors (Lipinski definition) is 5. The molecule has 0 bridgehead atoms. The monoisotopic (exact) mass is 438 g/mol. The number of aromatic nitrogens is 4. The first-order chi connectivity index (χ1) is 13.4. The molecular weight excluding hydrogens is 420 g/mol.